The number of methoxy groups -OCH3 is 3. The van der Waals surface area contributed by atoms with Crippen LogP contribution in [0.1, 0.15) is 31.2 Å². The zero-order valence-corrected chi connectivity index (χ0v) is 14.2. The molecular formula is C17H23NO6. The van der Waals surface area contributed by atoms with Gasteiger partial charge in [-0.15, -0.1) is 0 Å². The Hall–Kier alpha value is -2.44. The number of carboxylic acids is 1. The molecule has 0 radical (unpaired) electrons. The second-order valence-electron chi connectivity index (χ2n) is 5.91. The Bertz CT molecular complexity index is 624. The lowest BCUT2D eigenvalue weighted by atomic mass is 9.66. The first-order valence-electron chi connectivity index (χ1n) is 7.74. The van der Waals surface area contributed by atoms with Crippen molar-refractivity contribution < 1.29 is 28.9 Å². The number of amides is 1. The number of carbonyl (C=O) groups is 2. The summed E-state index contributed by atoms with van der Waals surface area (Å²) in [6.45, 7) is 0.220. The van der Waals surface area contributed by atoms with Crippen LogP contribution >= 0.6 is 0 Å². The molecular weight excluding hydrogens is 314 g/mol. The molecule has 1 aliphatic carbocycles. The summed E-state index contributed by atoms with van der Waals surface area (Å²) in [5.74, 6) is 0.443. The topological polar surface area (TPSA) is 94.1 Å². The lowest BCUT2D eigenvalue weighted by Crippen LogP contribution is -2.42. The summed E-state index contributed by atoms with van der Waals surface area (Å²) in [6, 6.07) is 3.42. The molecule has 1 aromatic rings. The van der Waals surface area contributed by atoms with E-state index in [1.54, 1.807) is 12.1 Å². The van der Waals surface area contributed by atoms with E-state index in [4.69, 9.17) is 14.2 Å². The van der Waals surface area contributed by atoms with E-state index in [2.05, 4.69) is 5.32 Å². The third-order valence-corrected chi connectivity index (χ3v) is 4.53. The van der Waals surface area contributed by atoms with Crippen LogP contribution in [-0.4, -0.2) is 38.3 Å². The van der Waals surface area contributed by atoms with Crippen molar-refractivity contribution in [3.8, 4) is 17.2 Å². The van der Waals surface area contributed by atoms with E-state index in [1.807, 2.05) is 0 Å². The first-order valence-corrected chi connectivity index (χ1v) is 7.74. The van der Waals surface area contributed by atoms with Crippen LogP contribution in [0, 0.1) is 5.41 Å². The predicted molar refractivity (Wildman–Crippen MR) is 86.5 cm³/mol. The highest BCUT2D eigenvalue weighted by Gasteiger charge is 2.45. The minimum absolute atomic E-state index is 0.00205. The first-order chi connectivity index (χ1) is 11.5. The van der Waals surface area contributed by atoms with E-state index < -0.39 is 11.4 Å². The van der Waals surface area contributed by atoms with Gasteiger partial charge >= 0.3 is 5.97 Å². The van der Waals surface area contributed by atoms with Gasteiger partial charge in [0.25, 0.3) is 0 Å². The summed E-state index contributed by atoms with van der Waals surface area (Å²) in [5, 5.41) is 12.1. The summed E-state index contributed by atoms with van der Waals surface area (Å²) in [7, 11) is 4.59. The Morgan fingerprint density at radius 2 is 1.67 bits per heavy atom. The largest absolute Gasteiger partial charge is 0.496 e. The predicted octanol–water partition coefficient (Wildman–Crippen LogP) is 1.97. The Balaban J connectivity index is 2.05. The number of hydrogen-bond acceptors (Lipinski definition) is 5. The van der Waals surface area contributed by atoms with Crippen LogP contribution in [0.5, 0.6) is 17.2 Å². The number of ether oxygens (including phenoxy) is 3. The third kappa shape index (κ3) is 3.55. The van der Waals surface area contributed by atoms with Crippen LogP contribution in [0.2, 0.25) is 0 Å². The number of rotatable bonds is 8. The van der Waals surface area contributed by atoms with Crippen LogP contribution in [-0.2, 0) is 16.1 Å². The normalized spacial score (nSPS) is 15.1. The average Bonchev–Trinajstić information content (AvgIpc) is 2.54. The van der Waals surface area contributed by atoms with Gasteiger partial charge in [-0.3, -0.25) is 9.59 Å². The Morgan fingerprint density at radius 3 is 2.12 bits per heavy atom. The third-order valence-electron chi connectivity index (χ3n) is 4.53. The number of carboxylic acid groups (broad SMARTS) is 1. The van der Waals surface area contributed by atoms with Crippen molar-refractivity contribution >= 4 is 11.9 Å². The summed E-state index contributed by atoms with van der Waals surface area (Å²) in [4.78, 5) is 23.5. The monoisotopic (exact) mass is 337 g/mol. The maximum atomic E-state index is 12.1. The number of aliphatic carboxylic acids is 1. The van der Waals surface area contributed by atoms with Crippen LogP contribution in [0.25, 0.3) is 0 Å². The number of hydrogen-bond donors (Lipinski definition) is 2. The molecule has 1 amide bonds. The summed E-state index contributed by atoms with van der Waals surface area (Å²) in [5.41, 5.74) is -0.173. The molecule has 0 atom stereocenters. The molecule has 7 heteroatoms. The van der Waals surface area contributed by atoms with Gasteiger partial charge in [-0.1, -0.05) is 6.42 Å². The SMILES string of the molecule is COc1cc(OC)c(OC)cc1CNC(=O)CC1(C(=O)O)CCC1. The number of nitrogens with one attached hydrogen (secondary N) is 1. The van der Waals surface area contributed by atoms with Gasteiger partial charge in [0.05, 0.1) is 26.7 Å². The fourth-order valence-corrected chi connectivity index (χ4v) is 2.86. The summed E-state index contributed by atoms with van der Waals surface area (Å²) >= 11 is 0. The molecule has 0 saturated heterocycles. The van der Waals surface area contributed by atoms with Gasteiger partial charge in [0.2, 0.25) is 5.91 Å². The average molecular weight is 337 g/mol. The molecule has 2 N–H and O–H groups in total. The molecule has 1 saturated carbocycles. The number of benzene rings is 1. The lowest BCUT2D eigenvalue weighted by molar-refractivity contribution is -0.157. The van der Waals surface area contributed by atoms with E-state index in [0.29, 0.717) is 30.1 Å². The Morgan fingerprint density at radius 1 is 1.08 bits per heavy atom. The van der Waals surface area contributed by atoms with Crippen molar-refractivity contribution in [2.24, 2.45) is 5.41 Å². The molecule has 1 aromatic carbocycles. The Labute approximate surface area is 140 Å². The summed E-state index contributed by atoms with van der Waals surface area (Å²) in [6.07, 6.45) is 1.95. The fraction of sp³-hybridized carbons (Fsp3) is 0.529. The Kier molecular flexibility index (Phi) is 5.54. The quantitative estimate of drug-likeness (QED) is 0.753. The van der Waals surface area contributed by atoms with E-state index in [1.165, 1.54) is 21.3 Å². The molecule has 1 fully saturated rings. The lowest BCUT2D eigenvalue weighted by Gasteiger charge is -2.36. The van der Waals surface area contributed by atoms with Gasteiger partial charge in [-0.2, -0.15) is 0 Å². The summed E-state index contributed by atoms with van der Waals surface area (Å²) < 4.78 is 15.8. The molecule has 0 unspecified atom stereocenters. The molecule has 24 heavy (non-hydrogen) atoms. The maximum Gasteiger partial charge on any atom is 0.310 e. The molecule has 1 aliphatic rings. The van der Waals surface area contributed by atoms with Crippen molar-refractivity contribution in [1.82, 2.24) is 5.32 Å². The highest BCUT2D eigenvalue weighted by atomic mass is 16.5. The molecule has 132 valence electrons. The second-order valence-corrected chi connectivity index (χ2v) is 5.91. The molecule has 2 rings (SSSR count). The number of carbonyl (C=O) groups excluding carboxylic acids is 1. The van der Waals surface area contributed by atoms with Gasteiger partial charge in [-0.25, -0.2) is 0 Å². The minimum atomic E-state index is -0.897. The smallest absolute Gasteiger partial charge is 0.310 e. The molecule has 0 heterocycles. The van der Waals surface area contributed by atoms with E-state index >= 15 is 0 Å². The van der Waals surface area contributed by atoms with E-state index in [9.17, 15) is 14.7 Å². The van der Waals surface area contributed by atoms with Gasteiger partial charge in [0, 0.05) is 24.6 Å². The minimum Gasteiger partial charge on any atom is -0.496 e. The van der Waals surface area contributed by atoms with Crippen LogP contribution in [0.4, 0.5) is 0 Å². The molecule has 0 aliphatic heterocycles. The first kappa shape index (κ1) is 17.9. The van der Waals surface area contributed by atoms with E-state index in [0.717, 1.165) is 12.0 Å². The van der Waals surface area contributed by atoms with Gasteiger partial charge < -0.3 is 24.6 Å². The van der Waals surface area contributed by atoms with Gasteiger partial charge in [0.15, 0.2) is 11.5 Å². The maximum absolute atomic E-state index is 12.1. The van der Waals surface area contributed by atoms with Crippen LogP contribution in [0.15, 0.2) is 12.1 Å². The second kappa shape index (κ2) is 7.42. The van der Waals surface area contributed by atoms with Crippen molar-refractivity contribution in [3.05, 3.63) is 17.7 Å². The van der Waals surface area contributed by atoms with Crippen LogP contribution < -0.4 is 19.5 Å². The van der Waals surface area contributed by atoms with Gasteiger partial charge in [0.1, 0.15) is 5.75 Å². The standard InChI is InChI=1S/C17H23NO6/c1-22-12-8-14(24-3)13(23-2)7-11(12)10-18-15(19)9-17(16(20)21)5-4-6-17/h7-8H,4-6,9-10H2,1-3H3,(H,18,19)(H,20,21). The van der Waals surface area contributed by atoms with E-state index in [-0.39, 0.29) is 18.9 Å². The van der Waals surface area contributed by atoms with Crippen molar-refractivity contribution in [1.29, 1.82) is 0 Å². The fourth-order valence-electron chi connectivity index (χ4n) is 2.86. The molecule has 0 aromatic heterocycles. The molecule has 0 spiro atoms. The van der Waals surface area contributed by atoms with Crippen molar-refractivity contribution in [2.45, 2.75) is 32.2 Å². The van der Waals surface area contributed by atoms with Crippen molar-refractivity contribution in [3.63, 3.8) is 0 Å². The zero-order chi connectivity index (χ0) is 17.7. The van der Waals surface area contributed by atoms with Crippen molar-refractivity contribution in [2.75, 3.05) is 21.3 Å². The zero-order valence-electron chi connectivity index (χ0n) is 14.2. The van der Waals surface area contributed by atoms with Gasteiger partial charge in [-0.05, 0) is 18.9 Å². The highest BCUT2D eigenvalue weighted by molar-refractivity contribution is 5.85. The highest BCUT2D eigenvalue weighted by Crippen LogP contribution is 2.44. The molecule has 7 nitrogen and oxygen atoms in total. The molecule has 0 bridgehead atoms. The van der Waals surface area contributed by atoms with Crippen LogP contribution in [0.3, 0.4) is 0 Å².